The zero-order chi connectivity index (χ0) is 8.43. The van der Waals surface area contributed by atoms with E-state index in [2.05, 4.69) is 0 Å². The summed E-state index contributed by atoms with van der Waals surface area (Å²) >= 11 is -0.331. The molecule has 0 fully saturated rings. The zero-order valence-corrected chi connectivity index (χ0v) is 7.22. The predicted octanol–water partition coefficient (Wildman–Crippen LogP) is -3.90. The predicted molar refractivity (Wildman–Crippen MR) is 43.0 cm³/mol. The van der Waals surface area contributed by atoms with Crippen LogP contribution in [-0.2, 0) is 0 Å². The van der Waals surface area contributed by atoms with E-state index in [4.69, 9.17) is 20.1 Å². The van der Waals surface area contributed by atoms with Crippen LogP contribution < -0.4 is 8.67 Å². The second kappa shape index (κ2) is 3.58. The third kappa shape index (κ3) is 2.20. The van der Waals surface area contributed by atoms with E-state index >= 15 is 0 Å². The van der Waals surface area contributed by atoms with Crippen molar-refractivity contribution in [3.63, 3.8) is 0 Å². The van der Waals surface area contributed by atoms with Gasteiger partial charge in [-0.1, -0.05) is 0 Å². The Morgan fingerprint density at radius 1 is 0.909 bits per heavy atom. The van der Waals surface area contributed by atoms with Crippen molar-refractivity contribution >= 4 is 37.4 Å². The van der Waals surface area contributed by atoms with Crippen LogP contribution in [0.2, 0.25) is 0 Å². The average molecular weight is 219 g/mol. The fourth-order valence-electron chi connectivity index (χ4n) is 0.646. The quantitative estimate of drug-likeness (QED) is 0.383. The number of hydrogen-bond donors (Lipinski definition) is 4. The molecule has 1 rings (SSSR count). The Labute approximate surface area is 70.2 Å². The minimum atomic E-state index is -1.47. The van der Waals surface area contributed by atoms with Crippen LogP contribution in [0.3, 0.4) is 0 Å². The molecule has 1 aromatic rings. The summed E-state index contributed by atoms with van der Waals surface area (Å²) < 4.78 is 0.890. The molecule has 0 atom stereocenters. The molecule has 0 spiro atoms. The average Bonchev–Trinajstić information content (AvgIpc) is 2.33. The van der Waals surface area contributed by atoms with E-state index in [0.717, 1.165) is 0 Å². The van der Waals surface area contributed by atoms with Gasteiger partial charge in [0.05, 0.1) is 0 Å². The van der Waals surface area contributed by atoms with Gasteiger partial charge < -0.3 is 0 Å². The molecule has 0 amide bonds. The van der Waals surface area contributed by atoms with E-state index in [1.54, 1.807) is 0 Å². The van der Waals surface area contributed by atoms with Crippen LogP contribution >= 0.6 is 0 Å². The van der Waals surface area contributed by atoms with Gasteiger partial charge in [-0.05, 0) is 0 Å². The van der Waals surface area contributed by atoms with E-state index < -0.39 is 14.2 Å². The van der Waals surface area contributed by atoms with Gasteiger partial charge in [-0.25, -0.2) is 0 Å². The number of hydrogen-bond acceptors (Lipinski definition) is 4. The van der Waals surface area contributed by atoms with Gasteiger partial charge >= 0.3 is 69.6 Å². The summed E-state index contributed by atoms with van der Waals surface area (Å²) in [4.78, 5) is 0. The molecule has 0 bridgehead atoms. The minimum absolute atomic E-state index is 0.331. The fraction of sp³-hybridized carbons (Fsp3) is 0. The summed E-state index contributed by atoms with van der Waals surface area (Å²) in [7, 11) is -2.94. The first-order valence-corrected chi connectivity index (χ1v) is 4.64. The summed E-state index contributed by atoms with van der Waals surface area (Å²) in [5.74, 6) is 0. The van der Waals surface area contributed by atoms with Gasteiger partial charge in [-0.3, -0.25) is 0 Å². The van der Waals surface area contributed by atoms with Crippen LogP contribution in [0.25, 0.3) is 0 Å². The zero-order valence-electron chi connectivity index (χ0n) is 5.51. The van der Waals surface area contributed by atoms with Crippen molar-refractivity contribution in [2.24, 2.45) is 0 Å². The molecule has 0 aliphatic heterocycles. The van der Waals surface area contributed by atoms with E-state index in [-0.39, 0.29) is 14.5 Å². The van der Waals surface area contributed by atoms with Crippen molar-refractivity contribution in [2.75, 3.05) is 0 Å². The first-order valence-electron chi connectivity index (χ1n) is 2.93. The Morgan fingerprint density at radius 3 is 1.45 bits per heavy atom. The summed E-state index contributed by atoms with van der Waals surface area (Å²) in [5.41, 5.74) is 0. The van der Waals surface area contributed by atoms with Crippen LogP contribution in [0.15, 0.2) is 12.1 Å². The summed E-state index contributed by atoms with van der Waals surface area (Å²) in [6.45, 7) is 0. The molecule has 58 valence electrons. The topological polar surface area (TPSA) is 80.9 Å². The first kappa shape index (κ1) is 9.06. The van der Waals surface area contributed by atoms with Gasteiger partial charge in [0.15, 0.2) is 0 Å². The van der Waals surface area contributed by atoms with Gasteiger partial charge in [0.25, 0.3) is 0 Å². The van der Waals surface area contributed by atoms with Gasteiger partial charge in [0.2, 0.25) is 0 Å². The molecule has 4 nitrogen and oxygen atoms in total. The molecule has 0 aliphatic rings. The van der Waals surface area contributed by atoms with Crippen molar-refractivity contribution < 1.29 is 20.1 Å². The van der Waals surface area contributed by atoms with Gasteiger partial charge in [-0.15, -0.1) is 0 Å². The molecule has 0 saturated heterocycles. The normalized spacial score (nSPS) is 9.82. The van der Waals surface area contributed by atoms with Crippen LogP contribution in [0, 0.1) is 0 Å². The van der Waals surface area contributed by atoms with Crippen LogP contribution in [0.4, 0.5) is 0 Å². The van der Waals surface area contributed by atoms with Crippen LogP contribution in [0.1, 0.15) is 0 Å². The number of rotatable bonds is 2. The molecule has 1 aromatic heterocycles. The van der Waals surface area contributed by atoms with Crippen molar-refractivity contribution in [1.82, 2.24) is 0 Å². The maximum absolute atomic E-state index is 8.66. The van der Waals surface area contributed by atoms with Crippen molar-refractivity contribution in [3.8, 4) is 0 Å². The maximum atomic E-state index is 8.66. The summed E-state index contributed by atoms with van der Waals surface area (Å²) in [5, 5.41) is 34.6. The van der Waals surface area contributed by atoms with Gasteiger partial charge in [0.1, 0.15) is 0 Å². The molecular weight excluding hydrogens is 213 g/mol. The monoisotopic (exact) mass is 220 g/mol. The first-order chi connectivity index (χ1) is 5.11. The molecule has 0 aliphatic carbocycles. The van der Waals surface area contributed by atoms with Crippen molar-refractivity contribution in [1.29, 1.82) is 0 Å². The van der Waals surface area contributed by atoms with Gasteiger partial charge in [-0.2, -0.15) is 0 Å². The van der Waals surface area contributed by atoms with E-state index in [1.165, 1.54) is 12.1 Å². The van der Waals surface area contributed by atoms with Gasteiger partial charge in [0, 0.05) is 0 Å². The Balaban J connectivity index is 2.82. The van der Waals surface area contributed by atoms with Crippen LogP contribution in [0.5, 0.6) is 0 Å². The molecule has 0 radical (unpaired) electrons. The van der Waals surface area contributed by atoms with E-state index in [0.29, 0.717) is 8.67 Å². The second-order valence-corrected chi connectivity index (χ2v) is 4.39. The molecular formula is C4H6B2O4Se. The summed E-state index contributed by atoms with van der Waals surface area (Å²) in [6, 6.07) is 3.00. The molecule has 0 saturated carbocycles. The molecule has 0 aromatic carbocycles. The van der Waals surface area contributed by atoms with E-state index in [1.807, 2.05) is 0 Å². The summed E-state index contributed by atoms with van der Waals surface area (Å²) in [6.07, 6.45) is 0. The fourth-order valence-corrected chi connectivity index (χ4v) is 2.23. The molecule has 11 heavy (non-hydrogen) atoms. The molecule has 4 N–H and O–H groups in total. The SMILES string of the molecule is OB(O)c1ccc(B(O)O)[se]1. The Bertz CT molecular complexity index is 213. The van der Waals surface area contributed by atoms with Crippen molar-refractivity contribution in [3.05, 3.63) is 12.1 Å². The van der Waals surface area contributed by atoms with Crippen molar-refractivity contribution in [2.45, 2.75) is 0 Å². The van der Waals surface area contributed by atoms with Crippen LogP contribution in [-0.4, -0.2) is 48.8 Å². The second-order valence-electron chi connectivity index (χ2n) is 1.99. The molecule has 0 unspecified atom stereocenters. The molecule has 7 heteroatoms. The molecule has 1 heterocycles. The third-order valence-electron chi connectivity index (χ3n) is 1.16. The van der Waals surface area contributed by atoms with E-state index in [9.17, 15) is 0 Å². The Morgan fingerprint density at radius 2 is 1.27 bits per heavy atom. The Hall–Kier alpha value is -0.0306. The third-order valence-corrected chi connectivity index (χ3v) is 3.60. The standard InChI is InChI=1S/C4H6B2O4Se/c7-5(8)3-1-2-4(11-3)6(9)10/h1-2,7-10H. The Kier molecular flexibility index (Phi) is 2.95.